The number of amides is 1. The lowest BCUT2D eigenvalue weighted by molar-refractivity contribution is -0.130. The first-order valence-electron chi connectivity index (χ1n) is 14.5. The number of aliphatic hydroxyl groups excluding tert-OH is 1. The van der Waals surface area contributed by atoms with E-state index in [4.69, 9.17) is 25.1 Å². The predicted molar refractivity (Wildman–Crippen MR) is 170 cm³/mol. The molecule has 0 aliphatic carbocycles. The second-order valence-corrected chi connectivity index (χ2v) is 11.1. The van der Waals surface area contributed by atoms with Crippen LogP contribution in [0.5, 0.6) is 5.75 Å². The SMILES string of the molecule is CCCCCNNC(=O)[C@@]1(Cc2ccccc2CN=[N+]=[N-])N=C(c2ccc(OCCCO)cc2)O[C@H]1c1ccccc1Br. The zero-order valence-electron chi connectivity index (χ0n) is 24.2. The van der Waals surface area contributed by atoms with Crippen molar-refractivity contribution in [2.24, 2.45) is 10.1 Å². The van der Waals surface area contributed by atoms with E-state index in [1.807, 2.05) is 72.8 Å². The van der Waals surface area contributed by atoms with Gasteiger partial charge in [0, 0.05) is 46.5 Å². The number of hydrogen-bond acceptors (Lipinski definition) is 7. The van der Waals surface area contributed by atoms with Gasteiger partial charge in [-0.1, -0.05) is 83.3 Å². The Morgan fingerprint density at radius 1 is 1.09 bits per heavy atom. The molecule has 0 unspecified atom stereocenters. The number of ether oxygens (including phenoxy) is 2. The van der Waals surface area contributed by atoms with Crippen LogP contribution in [0.4, 0.5) is 0 Å². The second-order valence-electron chi connectivity index (χ2n) is 10.2. The fraction of sp³-hybridized carbons (Fsp3) is 0.375. The van der Waals surface area contributed by atoms with Gasteiger partial charge in [0.2, 0.25) is 5.90 Å². The van der Waals surface area contributed by atoms with Crippen LogP contribution in [0.2, 0.25) is 0 Å². The molecule has 0 radical (unpaired) electrons. The maximum atomic E-state index is 14.3. The molecule has 0 aromatic heterocycles. The molecule has 43 heavy (non-hydrogen) atoms. The number of halogens is 1. The summed E-state index contributed by atoms with van der Waals surface area (Å²) >= 11 is 3.67. The van der Waals surface area contributed by atoms with Gasteiger partial charge in [-0.2, -0.15) is 0 Å². The minimum atomic E-state index is -1.40. The highest BCUT2D eigenvalue weighted by molar-refractivity contribution is 9.10. The molecule has 11 heteroatoms. The lowest BCUT2D eigenvalue weighted by atomic mass is 9.81. The van der Waals surface area contributed by atoms with Crippen molar-refractivity contribution in [3.8, 4) is 5.75 Å². The van der Waals surface area contributed by atoms with Gasteiger partial charge in [0.05, 0.1) is 13.2 Å². The normalized spacial score (nSPS) is 17.5. The first-order chi connectivity index (χ1) is 21.0. The van der Waals surface area contributed by atoms with Crippen LogP contribution < -0.4 is 15.6 Å². The van der Waals surface area contributed by atoms with Crippen LogP contribution >= 0.6 is 15.9 Å². The molecule has 3 aromatic rings. The van der Waals surface area contributed by atoms with Crippen molar-refractivity contribution < 1.29 is 19.4 Å². The molecule has 0 fully saturated rings. The number of nitrogens with zero attached hydrogens (tertiary/aromatic N) is 4. The van der Waals surface area contributed by atoms with Crippen LogP contribution in [0.25, 0.3) is 10.4 Å². The van der Waals surface area contributed by atoms with Crippen LogP contribution in [0, 0.1) is 0 Å². The summed E-state index contributed by atoms with van der Waals surface area (Å²) in [5, 5.41) is 12.8. The number of azide groups is 1. The quantitative estimate of drug-likeness (QED) is 0.0547. The number of carbonyl (C=O) groups excluding carboxylic acids is 1. The summed E-state index contributed by atoms with van der Waals surface area (Å²) in [6.45, 7) is 3.36. The fourth-order valence-corrected chi connectivity index (χ4v) is 5.44. The number of unbranched alkanes of at least 4 members (excludes halogenated alkanes) is 2. The highest BCUT2D eigenvalue weighted by atomic mass is 79.9. The van der Waals surface area contributed by atoms with Crippen molar-refractivity contribution in [1.82, 2.24) is 10.9 Å². The number of rotatable bonds is 16. The minimum absolute atomic E-state index is 0.0583. The highest BCUT2D eigenvalue weighted by Gasteiger charge is 2.54. The van der Waals surface area contributed by atoms with Gasteiger partial charge in [0.15, 0.2) is 11.6 Å². The van der Waals surface area contributed by atoms with Gasteiger partial charge < -0.3 is 14.6 Å². The van der Waals surface area contributed by atoms with Crippen LogP contribution in [-0.4, -0.2) is 42.2 Å². The molecule has 4 rings (SSSR count). The third-order valence-electron chi connectivity index (χ3n) is 7.21. The zero-order chi connectivity index (χ0) is 30.5. The van der Waals surface area contributed by atoms with Crippen molar-refractivity contribution >= 4 is 27.7 Å². The lowest BCUT2D eigenvalue weighted by Crippen LogP contribution is -2.54. The van der Waals surface area contributed by atoms with E-state index in [1.165, 1.54) is 0 Å². The third kappa shape index (κ3) is 8.14. The molecule has 2 atom stereocenters. The van der Waals surface area contributed by atoms with Crippen LogP contribution in [-0.2, 0) is 22.5 Å². The van der Waals surface area contributed by atoms with E-state index in [0.717, 1.165) is 40.4 Å². The Kier molecular flexibility index (Phi) is 12.0. The first-order valence-corrected chi connectivity index (χ1v) is 15.3. The summed E-state index contributed by atoms with van der Waals surface area (Å²) in [5.41, 5.74) is 16.7. The Hall–Kier alpha value is -3.89. The molecule has 1 aliphatic heterocycles. The third-order valence-corrected chi connectivity index (χ3v) is 7.93. The van der Waals surface area contributed by atoms with Crippen molar-refractivity contribution in [3.05, 3.63) is 110 Å². The maximum absolute atomic E-state index is 14.3. The average molecular weight is 650 g/mol. The Morgan fingerprint density at radius 2 is 1.84 bits per heavy atom. The van der Waals surface area contributed by atoms with Crippen LogP contribution in [0.3, 0.4) is 0 Å². The van der Waals surface area contributed by atoms with E-state index < -0.39 is 11.6 Å². The van der Waals surface area contributed by atoms with E-state index in [1.54, 1.807) is 0 Å². The Balaban J connectivity index is 1.78. The van der Waals surface area contributed by atoms with Crippen molar-refractivity contribution in [2.45, 2.75) is 57.2 Å². The first kappa shape index (κ1) is 32.0. The summed E-state index contributed by atoms with van der Waals surface area (Å²) in [6, 6.07) is 22.6. The summed E-state index contributed by atoms with van der Waals surface area (Å²) in [6.07, 6.45) is 3.00. The minimum Gasteiger partial charge on any atom is -0.494 e. The molecule has 3 N–H and O–H groups in total. The molecule has 226 valence electrons. The van der Waals surface area contributed by atoms with Gasteiger partial charge in [-0.05, 0) is 53.4 Å². The molecule has 0 saturated heterocycles. The van der Waals surface area contributed by atoms with Crippen LogP contribution in [0.15, 0.2) is 87.4 Å². The molecule has 10 nitrogen and oxygen atoms in total. The molecule has 0 spiro atoms. The van der Waals surface area contributed by atoms with Gasteiger partial charge in [-0.25, -0.2) is 10.4 Å². The number of benzene rings is 3. The number of nitrogens with one attached hydrogen (secondary N) is 2. The largest absolute Gasteiger partial charge is 0.494 e. The standard InChI is InChI=1S/C32H37BrN6O4/c1-2-3-8-18-35-38-31(41)32(21-24-10-4-5-11-25(24)22-36-39-34)29(27-12-6-7-13-28(27)33)43-30(37-32)23-14-16-26(17-15-23)42-20-9-19-40/h4-7,10-17,29,35,40H,2-3,8-9,18-22H2,1H3,(H,38,41)/t29-,32-/m0/s1. The van der Waals surface area contributed by atoms with Crippen LogP contribution in [0.1, 0.15) is 61.0 Å². The zero-order valence-corrected chi connectivity index (χ0v) is 25.8. The van der Waals surface area contributed by atoms with E-state index in [-0.39, 0.29) is 25.5 Å². The van der Waals surface area contributed by atoms with Crippen molar-refractivity contribution in [1.29, 1.82) is 0 Å². The number of hydrogen-bond donors (Lipinski definition) is 3. The Bertz CT molecular complexity index is 1440. The Labute approximate surface area is 260 Å². The molecule has 1 aliphatic rings. The smallest absolute Gasteiger partial charge is 0.266 e. The number of hydrazine groups is 1. The molecule has 3 aromatic carbocycles. The second kappa shape index (κ2) is 16.1. The number of aliphatic hydroxyl groups is 1. The summed E-state index contributed by atoms with van der Waals surface area (Å²) in [7, 11) is 0. The van der Waals surface area contributed by atoms with Gasteiger partial charge in [0.25, 0.3) is 5.91 Å². The van der Waals surface area contributed by atoms with Gasteiger partial charge in [-0.15, -0.1) is 0 Å². The highest BCUT2D eigenvalue weighted by Crippen LogP contribution is 2.45. The topological polar surface area (TPSA) is 141 Å². The van der Waals surface area contributed by atoms with Crippen molar-refractivity contribution in [2.75, 3.05) is 19.8 Å². The maximum Gasteiger partial charge on any atom is 0.266 e. The summed E-state index contributed by atoms with van der Waals surface area (Å²) in [4.78, 5) is 22.3. The Morgan fingerprint density at radius 3 is 2.56 bits per heavy atom. The van der Waals surface area contributed by atoms with E-state index in [2.05, 4.69) is 43.7 Å². The lowest BCUT2D eigenvalue weighted by Gasteiger charge is -2.32. The average Bonchev–Trinajstić information content (AvgIpc) is 3.41. The molecule has 0 saturated carbocycles. The fourth-order valence-electron chi connectivity index (χ4n) is 4.94. The summed E-state index contributed by atoms with van der Waals surface area (Å²) in [5.74, 6) is 0.657. The molecule has 0 bridgehead atoms. The van der Waals surface area contributed by atoms with E-state index in [0.29, 0.717) is 36.8 Å². The summed E-state index contributed by atoms with van der Waals surface area (Å²) < 4.78 is 13.1. The number of carbonyl (C=O) groups is 1. The van der Waals surface area contributed by atoms with Crippen molar-refractivity contribution in [3.63, 3.8) is 0 Å². The predicted octanol–water partition coefficient (Wildman–Crippen LogP) is 6.33. The molecular formula is C32H37BrN6O4. The number of aliphatic imine (C=N–C) groups is 1. The van der Waals surface area contributed by atoms with Gasteiger partial charge >= 0.3 is 0 Å². The van der Waals surface area contributed by atoms with Gasteiger partial charge in [0.1, 0.15) is 5.75 Å². The van der Waals surface area contributed by atoms with E-state index in [9.17, 15) is 4.79 Å². The van der Waals surface area contributed by atoms with E-state index >= 15 is 0 Å². The molecular weight excluding hydrogens is 612 g/mol. The molecule has 1 amide bonds. The molecule has 1 heterocycles. The van der Waals surface area contributed by atoms with Gasteiger partial charge in [-0.3, -0.25) is 10.2 Å². The monoisotopic (exact) mass is 648 g/mol.